The maximum atomic E-state index is 13.5. The third kappa shape index (κ3) is 2.87. The Morgan fingerprint density at radius 3 is 2.35 bits per heavy atom. The molecule has 108 valence electrons. The van der Waals surface area contributed by atoms with Crippen molar-refractivity contribution in [3.63, 3.8) is 0 Å². The van der Waals surface area contributed by atoms with Gasteiger partial charge in [-0.3, -0.25) is 9.78 Å². The quantitative estimate of drug-likeness (QED) is 0.759. The van der Waals surface area contributed by atoms with Crippen molar-refractivity contribution in [2.24, 2.45) is 0 Å². The van der Waals surface area contributed by atoms with Crippen molar-refractivity contribution in [3.05, 3.63) is 29.8 Å². The maximum absolute atomic E-state index is 13.5. The van der Waals surface area contributed by atoms with E-state index in [0.717, 1.165) is 6.20 Å². The van der Waals surface area contributed by atoms with Crippen molar-refractivity contribution in [2.45, 2.75) is 0 Å². The largest absolute Gasteiger partial charge is 0.335 e. The number of carbonyl (C=O) groups excluding carboxylic acids is 2. The molecule has 0 saturated carbocycles. The molecule has 0 aliphatic carbocycles. The van der Waals surface area contributed by atoms with Gasteiger partial charge in [0.1, 0.15) is 0 Å². The van der Waals surface area contributed by atoms with Gasteiger partial charge in [0.25, 0.3) is 5.91 Å². The molecule has 1 aromatic rings. The highest BCUT2D eigenvalue weighted by Gasteiger charge is 2.26. The Bertz CT molecular complexity index is 513. The third-order valence-corrected chi connectivity index (χ3v) is 3.22. The molecule has 0 unspecified atom stereocenters. The van der Waals surface area contributed by atoms with Crippen molar-refractivity contribution >= 4 is 11.9 Å². The standard InChI is InChI=1S/C13H17FN4O2/c1-16(2)13(20)18-7-5-17(6-8-18)12(19)10-3-4-15-9-11(10)14/h3-4,9H,5-8H2,1-2H3. The van der Waals surface area contributed by atoms with Gasteiger partial charge in [-0.15, -0.1) is 0 Å². The number of rotatable bonds is 1. The van der Waals surface area contributed by atoms with Crippen molar-refractivity contribution in [3.8, 4) is 0 Å². The lowest BCUT2D eigenvalue weighted by atomic mass is 10.2. The molecule has 1 aliphatic heterocycles. The normalized spacial score (nSPS) is 15.2. The number of nitrogens with zero attached hydrogens (tertiary/aromatic N) is 4. The monoisotopic (exact) mass is 280 g/mol. The first kappa shape index (κ1) is 14.2. The molecule has 1 saturated heterocycles. The van der Waals surface area contributed by atoms with Crippen molar-refractivity contribution in [1.29, 1.82) is 0 Å². The first-order chi connectivity index (χ1) is 9.50. The van der Waals surface area contributed by atoms with Crippen molar-refractivity contribution in [2.75, 3.05) is 40.3 Å². The number of carbonyl (C=O) groups is 2. The minimum atomic E-state index is -0.621. The highest BCUT2D eigenvalue weighted by Crippen LogP contribution is 2.12. The molecule has 0 atom stereocenters. The van der Waals surface area contributed by atoms with Gasteiger partial charge in [-0.25, -0.2) is 9.18 Å². The van der Waals surface area contributed by atoms with E-state index in [1.54, 1.807) is 23.9 Å². The molecule has 1 aliphatic rings. The second kappa shape index (κ2) is 5.85. The zero-order valence-corrected chi connectivity index (χ0v) is 11.5. The van der Waals surface area contributed by atoms with Crippen LogP contribution in [0.5, 0.6) is 0 Å². The van der Waals surface area contributed by atoms with Crippen molar-refractivity contribution < 1.29 is 14.0 Å². The average Bonchev–Trinajstić information content (AvgIpc) is 2.46. The molecule has 6 nitrogen and oxygen atoms in total. The highest BCUT2D eigenvalue weighted by atomic mass is 19.1. The number of halogens is 1. The first-order valence-electron chi connectivity index (χ1n) is 6.35. The molecule has 2 heterocycles. The maximum Gasteiger partial charge on any atom is 0.319 e. The zero-order chi connectivity index (χ0) is 14.7. The number of aromatic nitrogens is 1. The predicted octanol–water partition coefficient (Wildman–Crippen LogP) is 0.660. The summed E-state index contributed by atoms with van der Waals surface area (Å²) in [5, 5.41) is 0. The van der Waals surface area contributed by atoms with E-state index >= 15 is 0 Å². The molecule has 1 fully saturated rings. The molecule has 20 heavy (non-hydrogen) atoms. The molecule has 2 rings (SSSR count). The Kier molecular flexibility index (Phi) is 4.16. The van der Waals surface area contributed by atoms with Gasteiger partial charge in [-0.2, -0.15) is 0 Å². The lowest BCUT2D eigenvalue weighted by Crippen LogP contribution is -2.53. The summed E-state index contributed by atoms with van der Waals surface area (Å²) >= 11 is 0. The first-order valence-corrected chi connectivity index (χ1v) is 6.35. The summed E-state index contributed by atoms with van der Waals surface area (Å²) in [4.78, 5) is 32.3. The SMILES string of the molecule is CN(C)C(=O)N1CCN(C(=O)c2ccncc2F)CC1. The summed E-state index contributed by atoms with van der Waals surface area (Å²) in [7, 11) is 3.37. The molecule has 1 aromatic heterocycles. The molecule has 3 amide bonds. The molecule has 0 N–H and O–H groups in total. The molecular formula is C13H17FN4O2. The van der Waals surface area contributed by atoms with Gasteiger partial charge >= 0.3 is 6.03 Å². The van der Waals surface area contributed by atoms with Crippen LogP contribution in [0.3, 0.4) is 0 Å². The van der Waals surface area contributed by atoms with E-state index in [1.165, 1.54) is 17.2 Å². The van der Waals surface area contributed by atoms with E-state index < -0.39 is 5.82 Å². The lowest BCUT2D eigenvalue weighted by Gasteiger charge is -2.36. The Morgan fingerprint density at radius 2 is 1.80 bits per heavy atom. The van der Waals surface area contributed by atoms with Crippen LogP contribution in [0, 0.1) is 5.82 Å². The van der Waals surface area contributed by atoms with Crippen LogP contribution in [0.2, 0.25) is 0 Å². The smallest absolute Gasteiger partial charge is 0.319 e. The minimum absolute atomic E-state index is 0.0207. The number of amides is 3. The van der Waals surface area contributed by atoms with E-state index in [2.05, 4.69) is 4.98 Å². The van der Waals surface area contributed by atoms with Gasteiger partial charge in [0.15, 0.2) is 5.82 Å². The summed E-state index contributed by atoms with van der Waals surface area (Å²) in [5.74, 6) is -0.980. The van der Waals surface area contributed by atoms with E-state index in [4.69, 9.17) is 0 Å². The number of urea groups is 1. The fourth-order valence-corrected chi connectivity index (χ4v) is 2.10. The zero-order valence-electron chi connectivity index (χ0n) is 11.5. The number of pyridine rings is 1. The van der Waals surface area contributed by atoms with Crippen LogP contribution in [0.25, 0.3) is 0 Å². The van der Waals surface area contributed by atoms with Gasteiger partial charge in [-0.1, -0.05) is 0 Å². The Balaban J connectivity index is 1.99. The van der Waals surface area contributed by atoms with E-state index in [1.807, 2.05) is 0 Å². The number of hydrogen-bond acceptors (Lipinski definition) is 3. The second-order valence-corrected chi connectivity index (χ2v) is 4.81. The van der Waals surface area contributed by atoms with Gasteiger partial charge in [0, 0.05) is 46.5 Å². The van der Waals surface area contributed by atoms with Gasteiger partial charge in [0.2, 0.25) is 0 Å². The van der Waals surface area contributed by atoms with Crippen LogP contribution >= 0.6 is 0 Å². The fraction of sp³-hybridized carbons (Fsp3) is 0.462. The Hall–Kier alpha value is -2.18. The highest BCUT2D eigenvalue weighted by molar-refractivity contribution is 5.94. The van der Waals surface area contributed by atoms with Gasteiger partial charge < -0.3 is 14.7 Å². The number of hydrogen-bond donors (Lipinski definition) is 0. The molecular weight excluding hydrogens is 263 g/mol. The van der Waals surface area contributed by atoms with Crippen LogP contribution in [0.15, 0.2) is 18.5 Å². The fourth-order valence-electron chi connectivity index (χ4n) is 2.10. The van der Waals surface area contributed by atoms with Gasteiger partial charge in [0.05, 0.1) is 11.8 Å². The van der Waals surface area contributed by atoms with Crippen LogP contribution in [-0.4, -0.2) is 71.9 Å². The van der Waals surface area contributed by atoms with Crippen LogP contribution in [0.1, 0.15) is 10.4 Å². The molecule has 7 heteroatoms. The molecule has 0 radical (unpaired) electrons. The molecule has 0 aromatic carbocycles. The predicted molar refractivity (Wildman–Crippen MR) is 70.8 cm³/mol. The summed E-state index contributed by atoms with van der Waals surface area (Å²) < 4.78 is 13.5. The average molecular weight is 280 g/mol. The molecule has 0 spiro atoms. The topological polar surface area (TPSA) is 56.8 Å². The van der Waals surface area contributed by atoms with Crippen LogP contribution in [0.4, 0.5) is 9.18 Å². The van der Waals surface area contributed by atoms with E-state index in [-0.39, 0.29) is 17.5 Å². The van der Waals surface area contributed by atoms with Crippen LogP contribution < -0.4 is 0 Å². The number of piperazine rings is 1. The summed E-state index contributed by atoms with van der Waals surface area (Å²) in [6.45, 7) is 1.71. The second-order valence-electron chi connectivity index (χ2n) is 4.81. The molecule has 0 bridgehead atoms. The third-order valence-electron chi connectivity index (χ3n) is 3.22. The van der Waals surface area contributed by atoms with Crippen LogP contribution in [-0.2, 0) is 0 Å². The Morgan fingerprint density at radius 1 is 1.20 bits per heavy atom. The lowest BCUT2D eigenvalue weighted by molar-refractivity contribution is 0.0645. The summed E-state index contributed by atoms with van der Waals surface area (Å²) in [6.07, 6.45) is 2.42. The summed E-state index contributed by atoms with van der Waals surface area (Å²) in [6, 6.07) is 1.29. The Labute approximate surface area is 116 Å². The van der Waals surface area contributed by atoms with Crippen molar-refractivity contribution in [1.82, 2.24) is 19.7 Å². The van der Waals surface area contributed by atoms with E-state index in [0.29, 0.717) is 26.2 Å². The summed E-state index contributed by atoms with van der Waals surface area (Å²) in [5.41, 5.74) is 0.0207. The van der Waals surface area contributed by atoms with Gasteiger partial charge in [-0.05, 0) is 6.07 Å². The minimum Gasteiger partial charge on any atom is -0.335 e. The van der Waals surface area contributed by atoms with E-state index in [9.17, 15) is 14.0 Å².